The van der Waals surface area contributed by atoms with Crippen LogP contribution in [0, 0.1) is 0 Å². The first-order chi connectivity index (χ1) is 12.8. The van der Waals surface area contributed by atoms with Gasteiger partial charge in [-0.25, -0.2) is 4.98 Å². The lowest BCUT2D eigenvalue weighted by molar-refractivity contribution is 0.286. The SMILES string of the molecule is Cn1nccc1-c1ccnc2c1CN(CCc1nc3ccccc3s1)C2. The molecule has 6 heteroatoms. The molecule has 0 radical (unpaired) electrons. The zero-order chi connectivity index (χ0) is 17.5. The Morgan fingerprint density at radius 2 is 2.00 bits per heavy atom. The van der Waals surface area contributed by atoms with E-state index in [-0.39, 0.29) is 0 Å². The Hall–Kier alpha value is -2.57. The third kappa shape index (κ3) is 2.71. The number of rotatable bonds is 4. The molecule has 4 aromatic rings. The molecule has 26 heavy (non-hydrogen) atoms. The fourth-order valence-electron chi connectivity index (χ4n) is 3.66. The van der Waals surface area contributed by atoms with Crippen LogP contribution in [0.2, 0.25) is 0 Å². The number of nitrogens with zero attached hydrogens (tertiary/aromatic N) is 5. The van der Waals surface area contributed by atoms with Crippen molar-refractivity contribution in [3.8, 4) is 11.3 Å². The van der Waals surface area contributed by atoms with E-state index in [2.05, 4.69) is 51.4 Å². The van der Waals surface area contributed by atoms with Crippen molar-refractivity contribution in [1.82, 2.24) is 24.6 Å². The number of aryl methyl sites for hydroxylation is 1. The summed E-state index contributed by atoms with van der Waals surface area (Å²) in [5.74, 6) is 0. The molecule has 5 rings (SSSR count). The van der Waals surface area contributed by atoms with Crippen LogP contribution < -0.4 is 0 Å². The van der Waals surface area contributed by atoms with E-state index in [1.54, 1.807) is 11.3 Å². The Labute approximate surface area is 155 Å². The lowest BCUT2D eigenvalue weighted by atomic mass is 10.1. The molecule has 0 saturated carbocycles. The number of pyridine rings is 1. The molecule has 0 bridgehead atoms. The molecule has 0 aliphatic carbocycles. The highest BCUT2D eigenvalue weighted by Crippen LogP contribution is 2.31. The average molecular weight is 361 g/mol. The number of fused-ring (bicyclic) bond motifs is 2. The summed E-state index contributed by atoms with van der Waals surface area (Å²) >= 11 is 1.80. The highest BCUT2D eigenvalue weighted by atomic mass is 32.1. The zero-order valence-electron chi connectivity index (χ0n) is 14.6. The number of hydrogen-bond acceptors (Lipinski definition) is 5. The quantitative estimate of drug-likeness (QED) is 0.557. The van der Waals surface area contributed by atoms with E-state index in [0.717, 1.165) is 37.3 Å². The highest BCUT2D eigenvalue weighted by Gasteiger charge is 2.24. The van der Waals surface area contributed by atoms with Crippen LogP contribution in [0.4, 0.5) is 0 Å². The molecule has 0 fully saturated rings. The Balaban J connectivity index is 1.34. The maximum Gasteiger partial charge on any atom is 0.0951 e. The van der Waals surface area contributed by atoms with Crippen molar-refractivity contribution in [2.24, 2.45) is 7.05 Å². The molecule has 1 aliphatic heterocycles. The predicted molar refractivity (Wildman–Crippen MR) is 104 cm³/mol. The Bertz CT molecular complexity index is 1050. The molecule has 130 valence electrons. The third-order valence-corrected chi connectivity index (χ3v) is 6.07. The van der Waals surface area contributed by atoms with Crippen LogP contribution in [-0.2, 0) is 26.6 Å². The second-order valence-electron chi connectivity index (χ2n) is 6.66. The maximum atomic E-state index is 4.76. The van der Waals surface area contributed by atoms with Crippen molar-refractivity contribution in [2.75, 3.05) is 6.54 Å². The van der Waals surface area contributed by atoms with Gasteiger partial charge in [0.2, 0.25) is 0 Å². The summed E-state index contributed by atoms with van der Waals surface area (Å²) in [5.41, 5.74) is 6.03. The fourth-order valence-corrected chi connectivity index (χ4v) is 4.61. The van der Waals surface area contributed by atoms with Crippen LogP contribution in [-0.4, -0.2) is 31.2 Å². The minimum absolute atomic E-state index is 0.909. The van der Waals surface area contributed by atoms with Gasteiger partial charge in [-0.1, -0.05) is 12.1 Å². The molecule has 1 aliphatic rings. The van der Waals surface area contributed by atoms with Crippen LogP contribution in [0.1, 0.15) is 16.3 Å². The van der Waals surface area contributed by atoms with Crippen LogP contribution in [0.5, 0.6) is 0 Å². The smallest absolute Gasteiger partial charge is 0.0951 e. The van der Waals surface area contributed by atoms with E-state index in [9.17, 15) is 0 Å². The number of thiazole rings is 1. The summed E-state index contributed by atoms with van der Waals surface area (Å²) in [4.78, 5) is 11.8. The average Bonchev–Trinajstić information content (AvgIpc) is 3.36. The lowest BCUT2D eigenvalue weighted by Crippen LogP contribution is -2.19. The highest BCUT2D eigenvalue weighted by molar-refractivity contribution is 7.18. The van der Waals surface area contributed by atoms with Gasteiger partial charge in [0.1, 0.15) is 0 Å². The molecule has 4 heterocycles. The van der Waals surface area contributed by atoms with Gasteiger partial charge < -0.3 is 0 Å². The summed E-state index contributed by atoms with van der Waals surface area (Å²) in [7, 11) is 1.99. The van der Waals surface area contributed by atoms with Gasteiger partial charge in [0.25, 0.3) is 0 Å². The van der Waals surface area contributed by atoms with Gasteiger partial charge in [0.15, 0.2) is 0 Å². The van der Waals surface area contributed by atoms with E-state index < -0.39 is 0 Å². The van der Waals surface area contributed by atoms with Gasteiger partial charge in [0, 0.05) is 51.1 Å². The molecule has 0 saturated heterocycles. The first kappa shape index (κ1) is 15.7. The maximum absolute atomic E-state index is 4.76. The van der Waals surface area contributed by atoms with E-state index in [1.165, 1.54) is 26.5 Å². The number of aromatic nitrogens is 4. The fraction of sp³-hybridized carbons (Fsp3) is 0.250. The van der Waals surface area contributed by atoms with Gasteiger partial charge in [-0.05, 0) is 29.8 Å². The first-order valence-electron chi connectivity index (χ1n) is 8.80. The van der Waals surface area contributed by atoms with Crippen LogP contribution >= 0.6 is 11.3 Å². The van der Waals surface area contributed by atoms with Crippen LogP contribution in [0.15, 0.2) is 48.8 Å². The summed E-state index contributed by atoms with van der Waals surface area (Å²) < 4.78 is 3.20. The van der Waals surface area contributed by atoms with Gasteiger partial charge >= 0.3 is 0 Å². The molecule has 0 unspecified atom stereocenters. The molecule has 0 atom stereocenters. The first-order valence-corrected chi connectivity index (χ1v) is 9.61. The lowest BCUT2D eigenvalue weighted by Gasteiger charge is -2.13. The summed E-state index contributed by atoms with van der Waals surface area (Å²) in [6, 6.07) is 12.5. The van der Waals surface area contributed by atoms with E-state index in [1.807, 2.05) is 24.1 Å². The summed E-state index contributed by atoms with van der Waals surface area (Å²) in [5, 5.41) is 5.52. The molecule has 3 aromatic heterocycles. The predicted octanol–water partition coefficient (Wildman–Crippen LogP) is 3.65. The van der Waals surface area contributed by atoms with E-state index in [4.69, 9.17) is 4.98 Å². The number of para-hydroxylation sites is 1. The van der Waals surface area contributed by atoms with E-state index in [0.29, 0.717) is 0 Å². The topological polar surface area (TPSA) is 46.8 Å². The Morgan fingerprint density at radius 1 is 1.08 bits per heavy atom. The van der Waals surface area contributed by atoms with Crippen LogP contribution in [0.25, 0.3) is 21.5 Å². The molecule has 1 aromatic carbocycles. The number of benzene rings is 1. The zero-order valence-corrected chi connectivity index (χ0v) is 15.4. The van der Waals surface area contributed by atoms with Gasteiger partial charge in [0.05, 0.1) is 26.6 Å². The molecule has 0 spiro atoms. The number of hydrogen-bond donors (Lipinski definition) is 0. The second-order valence-corrected chi connectivity index (χ2v) is 7.77. The van der Waals surface area contributed by atoms with Crippen LogP contribution in [0.3, 0.4) is 0 Å². The minimum Gasteiger partial charge on any atom is -0.293 e. The molecule has 5 nitrogen and oxygen atoms in total. The van der Waals surface area contributed by atoms with Gasteiger partial charge in [-0.15, -0.1) is 11.3 Å². The minimum atomic E-state index is 0.909. The van der Waals surface area contributed by atoms with Crippen molar-refractivity contribution in [3.63, 3.8) is 0 Å². The van der Waals surface area contributed by atoms with Crippen molar-refractivity contribution in [3.05, 3.63) is 65.1 Å². The van der Waals surface area contributed by atoms with Crippen molar-refractivity contribution in [2.45, 2.75) is 19.5 Å². The Kier molecular flexibility index (Phi) is 3.80. The monoisotopic (exact) mass is 361 g/mol. The second kappa shape index (κ2) is 6.30. The van der Waals surface area contributed by atoms with E-state index >= 15 is 0 Å². The van der Waals surface area contributed by atoms with Gasteiger partial charge in [-0.3, -0.25) is 14.6 Å². The third-order valence-electron chi connectivity index (χ3n) is 4.98. The van der Waals surface area contributed by atoms with Crippen molar-refractivity contribution >= 4 is 21.6 Å². The molecular formula is C20H19N5S. The largest absolute Gasteiger partial charge is 0.293 e. The normalized spacial score (nSPS) is 14.2. The van der Waals surface area contributed by atoms with Crippen molar-refractivity contribution < 1.29 is 0 Å². The van der Waals surface area contributed by atoms with Gasteiger partial charge in [-0.2, -0.15) is 5.10 Å². The summed E-state index contributed by atoms with van der Waals surface area (Å²) in [6.45, 7) is 2.85. The Morgan fingerprint density at radius 3 is 2.85 bits per heavy atom. The molecule has 0 amide bonds. The molecular weight excluding hydrogens is 342 g/mol. The molecule has 0 N–H and O–H groups in total. The standard InChI is InChI=1S/C20H19N5S/c1-24-18(7-10-22-24)14-6-9-21-17-13-25(12-15(14)17)11-8-20-23-16-4-2-3-5-19(16)26-20/h2-7,9-10H,8,11-13H2,1H3. The summed E-state index contributed by atoms with van der Waals surface area (Å²) in [6.07, 6.45) is 4.74. The van der Waals surface area contributed by atoms with Crippen molar-refractivity contribution in [1.29, 1.82) is 0 Å².